The Balaban J connectivity index is 1.67. The Kier molecular flexibility index (Phi) is 6.11. The topological polar surface area (TPSA) is 58.6 Å². The maximum Gasteiger partial charge on any atom is 0.409 e. The van der Waals surface area contributed by atoms with E-state index in [1.54, 1.807) is 16.2 Å². The summed E-state index contributed by atoms with van der Waals surface area (Å²) in [6, 6.07) is 8.68. The number of amides is 1. The molecule has 1 amide bonds. The predicted octanol–water partition coefficient (Wildman–Crippen LogP) is 5.41. The average molecular weight is 445 g/mol. The Labute approximate surface area is 185 Å². The minimum absolute atomic E-state index is 0.244. The lowest BCUT2D eigenvalue weighted by Crippen LogP contribution is -2.49. The first-order valence-corrected chi connectivity index (χ1v) is 11.5. The van der Waals surface area contributed by atoms with Crippen LogP contribution >= 0.6 is 22.9 Å². The van der Waals surface area contributed by atoms with Gasteiger partial charge in [0.25, 0.3) is 0 Å². The van der Waals surface area contributed by atoms with Gasteiger partial charge < -0.3 is 14.5 Å². The van der Waals surface area contributed by atoms with E-state index >= 15 is 0 Å². The molecule has 0 N–H and O–H groups in total. The number of carbonyl (C=O) groups excluding carboxylic acids is 1. The molecule has 30 heavy (non-hydrogen) atoms. The Morgan fingerprint density at radius 2 is 1.87 bits per heavy atom. The minimum atomic E-state index is -0.260. The highest BCUT2D eigenvalue weighted by atomic mass is 35.5. The van der Waals surface area contributed by atoms with E-state index in [0.717, 1.165) is 27.2 Å². The van der Waals surface area contributed by atoms with E-state index in [2.05, 4.69) is 58.4 Å². The maximum atomic E-state index is 12.0. The van der Waals surface area contributed by atoms with Crippen molar-refractivity contribution in [2.75, 3.05) is 37.7 Å². The van der Waals surface area contributed by atoms with Crippen LogP contribution in [0, 0.1) is 0 Å². The fraction of sp³-hybridized carbons (Fsp3) is 0.409. The second-order valence-corrected chi connectivity index (χ2v) is 8.79. The molecule has 2 aromatic heterocycles. The van der Waals surface area contributed by atoms with Crippen molar-refractivity contribution in [3.63, 3.8) is 0 Å². The van der Waals surface area contributed by atoms with E-state index in [1.807, 2.05) is 6.92 Å². The molecule has 158 valence electrons. The summed E-state index contributed by atoms with van der Waals surface area (Å²) in [5.74, 6) is 1.32. The molecule has 1 aromatic carbocycles. The summed E-state index contributed by atoms with van der Waals surface area (Å²) in [5, 5.41) is 3.39. The van der Waals surface area contributed by atoms with Crippen molar-refractivity contribution in [2.24, 2.45) is 0 Å². The highest BCUT2D eigenvalue weighted by Gasteiger charge is 2.26. The van der Waals surface area contributed by atoms with Crippen LogP contribution in [0.1, 0.15) is 32.3 Å². The second kappa shape index (κ2) is 8.78. The van der Waals surface area contributed by atoms with Crippen molar-refractivity contribution < 1.29 is 9.53 Å². The lowest BCUT2D eigenvalue weighted by Gasteiger charge is -2.35. The molecule has 0 bridgehead atoms. The van der Waals surface area contributed by atoms with E-state index in [-0.39, 0.29) is 11.4 Å². The van der Waals surface area contributed by atoms with Gasteiger partial charge in [0, 0.05) is 37.1 Å². The molecule has 0 aliphatic carbocycles. The third-order valence-electron chi connectivity index (χ3n) is 5.38. The predicted molar refractivity (Wildman–Crippen MR) is 123 cm³/mol. The summed E-state index contributed by atoms with van der Waals surface area (Å²) < 4.78 is 5.13. The van der Waals surface area contributed by atoms with Crippen LogP contribution in [0.4, 0.5) is 10.6 Å². The number of hydrogen-bond donors (Lipinski definition) is 0. The molecular formula is C22H25ClN4O2S. The summed E-state index contributed by atoms with van der Waals surface area (Å²) >= 11 is 7.82. The number of anilines is 1. The molecule has 1 fully saturated rings. The van der Waals surface area contributed by atoms with E-state index in [4.69, 9.17) is 16.3 Å². The lowest BCUT2D eigenvalue weighted by molar-refractivity contribution is 0.105. The SMILES string of the molecule is CCOC(=O)N1CCN(c2nc(Cl)nc3scc(-c4ccc(C(C)C)cc4)c23)CC1. The van der Waals surface area contributed by atoms with Crippen LogP contribution in [0.2, 0.25) is 5.28 Å². The number of aromatic nitrogens is 2. The van der Waals surface area contributed by atoms with Crippen molar-refractivity contribution >= 4 is 45.1 Å². The highest BCUT2D eigenvalue weighted by Crippen LogP contribution is 2.39. The van der Waals surface area contributed by atoms with Crippen LogP contribution in [0.3, 0.4) is 0 Å². The maximum absolute atomic E-state index is 12.0. The Bertz CT molecular complexity index is 1040. The van der Waals surface area contributed by atoms with Gasteiger partial charge in [0.05, 0.1) is 12.0 Å². The molecule has 8 heteroatoms. The van der Waals surface area contributed by atoms with Gasteiger partial charge in [-0.3, -0.25) is 0 Å². The number of benzene rings is 1. The second-order valence-electron chi connectivity index (χ2n) is 7.60. The van der Waals surface area contributed by atoms with E-state index in [0.29, 0.717) is 38.7 Å². The fourth-order valence-corrected chi connectivity index (χ4v) is 4.86. The number of nitrogens with zero attached hydrogens (tertiary/aromatic N) is 4. The van der Waals surface area contributed by atoms with Gasteiger partial charge in [0.2, 0.25) is 5.28 Å². The van der Waals surface area contributed by atoms with E-state index < -0.39 is 0 Å². The number of halogens is 1. The van der Waals surface area contributed by atoms with Crippen LogP contribution in [0.25, 0.3) is 21.3 Å². The number of thiophene rings is 1. The van der Waals surface area contributed by atoms with Gasteiger partial charge in [0.15, 0.2) is 0 Å². The van der Waals surface area contributed by atoms with Crippen molar-refractivity contribution in [3.8, 4) is 11.1 Å². The van der Waals surface area contributed by atoms with Gasteiger partial charge in [-0.15, -0.1) is 11.3 Å². The molecule has 3 heterocycles. The smallest absolute Gasteiger partial charge is 0.409 e. The Morgan fingerprint density at radius 3 is 2.50 bits per heavy atom. The molecule has 0 atom stereocenters. The monoisotopic (exact) mass is 444 g/mol. The molecule has 1 saturated heterocycles. The molecular weight excluding hydrogens is 420 g/mol. The van der Waals surface area contributed by atoms with E-state index in [1.165, 1.54) is 5.56 Å². The number of fused-ring (bicyclic) bond motifs is 1. The molecule has 4 rings (SSSR count). The fourth-order valence-electron chi connectivity index (χ4n) is 3.70. The summed E-state index contributed by atoms with van der Waals surface area (Å²) in [4.78, 5) is 25.9. The number of piperazine rings is 1. The number of rotatable bonds is 4. The zero-order valence-electron chi connectivity index (χ0n) is 17.4. The molecule has 0 spiro atoms. The van der Waals surface area contributed by atoms with Gasteiger partial charge >= 0.3 is 6.09 Å². The first-order chi connectivity index (χ1) is 14.5. The third-order valence-corrected chi connectivity index (χ3v) is 6.42. The summed E-state index contributed by atoms with van der Waals surface area (Å²) in [5.41, 5.74) is 3.57. The quantitative estimate of drug-likeness (QED) is 0.503. The molecule has 6 nitrogen and oxygen atoms in total. The number of hydrogen-bond acceptors (Lipinski definition) is 6. The van der Waals surface area contributed by atoms with Crippen LogP contribution in [0.5, 0.6) is 0 Å². The average Bonchev–Trinajstić information content (AvgIpc) is 3.17. The molecule has 0 unspecified atom stereocenters. The largest absolute Gasteiger partial charge is 0.450 e. The first-order valence-electron chi connectivity index (χ1n) is 10.2. The first kappa shape index (κ1) is 20.9. The van der Waals surface area contributed by atoms with Crippen molar-refractivity contribution in [1.82, 2.24) is 14.9 Å². The zero-order valence-corrected chi connectivity index (χ0v) is 19.0. The summed E-state index contributed by atoms with van der Waals surface area (Å²) in [6.07, 6.45) is -0.260. The van der Waals surface area contributed by atoms with Gasteiger partial charge in [-0.1, -0.05) is 38.1 Å². The molecule has 0 radical (unpaired) electrons. The summed E-state index contributed by atoms with van der Waals surface area (Å²) in [7, 11) is 0. The van der Waals surface area contributed by atoms with Crippen molar-refractivity contribution in [2.45, 2.75) is 26.7 Å². The van der Waals surface area contributed by atoms with Gasteiger partial charge in [-0.25, -0.2) is 9.78 Å². The van der Waals surface area contributed by atoms with Crippen LogP contribution < -0.4 is 4.90 Å². The Hall–Kier alpha value is -2.38. The summed E-state index contributed by atoms with van der Waals surface area (Å²) in [6.45, 7) is 9.10. The standard InChI is InChI=1S/C22H25ClN4O2S/c1-4-29-22(28)27-11-9-26(10-12-27)19-18-17(13-30-20(18)25-21(23)24-19)16-7-5-15(6-8-16)14(2)3/h5-8,13-14H,4,9-12H2,1-3H3. The van der Waals surface area contributed by atoms with Gasteiger partial charge in [0.1, 0.15) is 10.6 Å². The van der Waals surface area contributed by atoms with Crippen LogP contribution in [0.15, 0.2) is 29.6 Å². The zero-order chi connectivity index (χ0) is 21.3. The Morgan fingerprint density at radius 1 is 1.17 bits per heavy atom. The van der Waals surface area contributed by atoms with Crippen LogP contribution in [-0.4, -0.2) is 53.7 Å². The van der Waals surface area contributed by atoms with Crippen molar-refractivity contribution in [3.05, 3.63) is 40.5 Å². The third kappa shape index (κ3) is 4.09. The number of ether oxygens (including phenoxy) is 1. The molecule has 1 aliphatic rings. The molecule has 3 aromatic rings. The highest BCUT2D eigenvalue weighted by molar-refractivity contribution is 7.17. The van der Waals surface area contributed by atoms with Crippen molar-refractivity contribution in [1.29, 1.82) is 0 Å². The normalized spacial score (nSPS) is 14.6. The molecule has 1 aliphatic heterocycles. The minimum Gasteiger partial charge on any atom is -0.450 e. The lowest BCUT2D eigenvalue weighted by atomic mass is 9.99. The number of carbonyl (C=O) groups is 1. The molecule has 0 saturated carbocycles. The van der Waals surface area contributed by atoms with Gasteiger partial charge in [-0.05, 0) is 35.6 Å². The van der Waals surface area contributed by atoms with Gasteiger partial charge in [-0.2, -0.15) is 4.98 Å². The van der Waals surface area contributed by atoms with E-state index in [9.17, 15) is 4.79 Å². The van der Waals surface area contributed by atoms with Crippen LogP contribution in [-0.2, 0) is 4.74 Å².